The second-order valence-electron chi connectivity index (χ2n) is 18.3. The molecule has 0 bridgehead atoms. The SMILES string of the molecule is FC(F)(F)c1ccc(-n2c3ccccc3c3c2ccc2c4ccccc4n(-c4ccccc4)c23)c(-c2nc(-c3ccccc3)nc(-n3c4ccc(-c5ccccc5)cc4c4cc(-c5ccccc5)ccc43)n2)c1. The van der Waals surface area contributed by atoms with Gasteiger partial charge in [-0.15, -0.1) is 0 Å². The van der Waals surface area contributed by atoms with E-state index >= 15 is 13.2 Å². The third-order valence-electron chi connectivity index (χ3n) is 14.1. The molecule has 6 nitrogen and oxygen atoms in total. The van der Waals surface area contributed by atoms with E-state index in [1.54, 1.807) is 6.07 Å². The maximum atomic E-state index is 15.2. The molecule has 0 amide bonds. The van der Waals surface area contributed by atoms with Gasteiger partial charge in [-0.3, -0.25) is 4.57 Å². The number of fused-ring (bicyclic) bond motifs is 10. The molecule has 0 spiro atoms. The average Bonchev–Trinajstić information content (AvgIpc) is 4.09. The Kier molecular flexibility index (Phi) is 9.56. The summed E-state index contributed by atoms with van der Waals surface area (Å²) in [6.45, 7) is 0. The number of hydrogen-bond acceptors (Lipinski definition) is 3. The molecule has 346 valence electrons. The second-order valence-corrected chi connectivity index (χ2v) is 18.3. The van der Waals surface area contributed by atoms with Crippen LogP contribution in [0.2, 0.25) is 0 Å². The van der Waals surface area contributed by atoms with Gasteiger partial charge < -0.3 is 9.13 Å². The number of aromatic nitrogens is 6. The monoisotopic (exact) mass is 948 g/mol. The minimum Gasteiger partial charge on any atom is -0.309 e. The molecular formula is C64H39F3N6. The number of hydrogen-bond donors (Lipinski definition) is 0. The number of nitrogens with zero attached hydrogens (tertiary/aromatic N) is 6. The van der Waals surface area contributed by atoms with Crippen molar-refractivity contribution in [2.24, 2.45) is 0 Å². The van der Waals surface area contributed by atoms with Gasteiger partial charge in [0.05, 0.1) is 44.4 Å². The molecule has 73 heavy (non-hydrogen) atoms. The van der Waals surface area contributed by atoms with E-state index in [0.29, 0.717) is 17.1 Å². The Balaban J connectivity index is 1.07. The standard InChI is InChI=1S/C64H39F3N6/c65-64(66,67)45-31-35-57(72-54-28-16-14-26-49(54)59-58(72)36-32-48-47-25-13-15-27-53(47)71(60(48)59)46-23-11-4-12-24-46)52(39-45)62-68-61(42-21-9-3-10-22-42)69-63(70-62)73-55-33-29-43(40-17-5-1-6-18-40)37-50(55)51-38-44(30-34-56(51)73)41-19-7-2-8-20-41/h1-39H. The van der Waals surface area contributed by atoms with E-state index in [1.165, 1.54) is 6.07 Å². The Bertz CT molecular complexity index is 4370. The molecule has 4 aromatic heterocycles. The molecule has 4 heterocycles. The summed E-state index contributed by atoms with van der Waals surface area (Å²) in [5.74, 6) is 0.674. The van der Waals surface area contributed by atoms with E-state index < -0.39 is 11.7 Å². The largest absolute Gasteiger partial charge is 0.416 e. The molecule has 14 rings (SSSR count). The van der Waals surface area contributed by atoms with Crippen LogP contribution in [0.1, 0.15) is 5.56 Å². The zero-order valence-electron chi connectivity index (χ0n) is 38.8. The molecule has 0 fully saturated rings. The summed E-state index contributed by atoms with van der Waals surface area (Å²) >= 11 is 0. The van der Waals surface area contributed by atoms with Crippen LogP contribution in [0.25, 0.3) is 128 Å². The summed E-state index contributed by atoms with van der Waals surface area (Å²) in [4.78, 5) is 15.6. The normalized spacial score (nSPS) is 12.0. The third-order valence-corrected chi connectivity index (χ3v) is 14.1. The van der Waals surface area contributed by atoms with Gasteiger partial charge in [0.1, 0.15) is 0 Å². The van der Waals surface area contributed by atoms with Gasteiger partial charge in [-0.2, -0.15) is 23.1 Å². The van der Waals surface area contributed by atoms with Gasteiger partial charge in [-0.05, 0) is 95.1 Å². The zero-order valence-corrected chi connectivity index (χ0v) is 38.8. The predicted molar refractivity (Wildman–Crippen MR) is 290 cm³/mol. The first-order valence-corrected chi connectivity index (χ1v) is 24.1. The summed E-state index contributed by atoms with van der Waals surface area (Å²) < 4.78 is 51.9. The van der Waals surface area contributed by atoms with Crippen LogP contribution in [-0.4, -0.2) is 28.7 Å². The number of para-hydroxylation sites is 3. The molecule has 0 radical (unpaired) electrons. The quantitative estimate of drug-likeness (QED) is 0.160. The van der Waals surface area contributed by atoms with Crippen molar-refractivity contribution in [1.82, 2.24) is 28.7 Å². The highest BCUT2D eigenvalue weighted by molar-refractivity contribution is 6.26. The number of rotatable bonds is 7. The fourth-order valence-corrected chi connectivity index (χ4v) is 10.9. The van der Waals surface area contributed by atoms with Gasteiger partial charge in [0.15, 0.2) is 11.6 Å². The third kappa shape index (κ3) is 6.84. The molecule has 0 aliphatic heterocycles. The van der Waals surface area contributed by atoms with Crippen LogP contribution in [0.3, 0.4) is 0 Å². The molecule has 9 heteroatoms. The molecular weight excluding hydrogens is 910 g/mol. The Hall–Kier alpha value is -9.60. The van der Waals surface area contributed by atoms with Crippen molar-refractivity contribution >= 4 is 65.4 Å². The molecule has 0 unspecified atom stereocenters. The van der Waals surface area contributed by atoms with Crippen molar-refractivity contribution in [3.05, 3.63) is 242 Å². The van der Waals surface area contributed by atoms with E-state index in [9.17, 15) is 0 Å². The minimum absolute atomic E-state index is 0.0900. The molecule has 0 saturated carbocycles. The van der Waals surface area contributed by atoms with Crippen LogP contribution < -0.4 is 0 Å². The summed E-state index contributed by atoms with van der Waals surface area (Å²) in [6.07, 6.45) is -4.67. The topological polar surface area (TPSA) is 53.5 Å². The van der Waals surface area contributed by atoms with Crippen LogP contribution in [0.15, 0.2) is 237 Å². The van der Waals surface area contributed by atoms with Crippen molar-refractivity contribution in [1.29, 1.82) is 0 Å². The van der Waals surface area contributed by atoms with Gasteiger partial charge in [0, 0.05) is 49.1 Å². The first-order valence-electron chi connectivity index (χ1n) is 24.1. The maximum absolute atomic E-state index is 15.2. The van der Waals surface area contributed by atoms with Gasteiger partial charge in [-0.1, -0.05) is 164 Å². The summed E-state index contributed by atoms with van der Waals surface area (Å²) in [5, 5.41) is 6.03. The lowest BCUT2D eigenvalue weighted by Gasteiger charge is -2.17. The van der Waals surface area contributed by atoms with Gasteiger partial charge in [0.25, 0.3) is 0 Å². The molecule has 0 saturated heterocycles. The van der Waals surface area contributed by atoms with E-state index in [0.717, 1.165) is 99.4 Å². The molecule has 0 atom stereocenters. The number of benzene rings is 10. The molecule has 10 aromatic carbocycles. The zero-order chi connectivity index (χ0) is 48.8. The lowest BCUT2D eigenvalue weighted by Crippen LogP contribution is -2.10. The van der Waals surface area contributed by atoms with Gasteiger partial charge in [0.2, 0.25) is 5.95 Å². The van der Waals surface area contributed by atoms with E-state index in [2.05, 4.69) is 118 Å². The number of alkyl halides is 3. The van der Waals surface area contributed by atoms with Crippen molar-refractivity contribution < 1.29 is 13.2 Å². The van der Waals surface area contributed by atoms with Crippen LogP contribution in [0.5, 0.6) is 0 Å². The summed E-state index contributed by atoms with van der Waals surface area (Å²) in [7, 11) is 0. The van der Waals surface area contributed by atoms with Gasteiger partial charge >= 0.3 is 6.18 Å². The van der Waals surface area contributed by atoms with Crippen LogP contribution in [0, 0.1) is 0 Å². The fourth-order valence-electron chi connectivity index (χ4n) is 10.9. The number of halogens is 3. The van der Waals surface area contributed by atoms with Crippen molar-refractivity contribution in [3.8, 4) is 62.4 Å². The Morgan fingerprint density at radius 3 is 1.45 bits per heavy atom. The Morgan fingerprint density at radius 2 is 0.836 bits per heavy atom. The second kappa shape index (κ2) is 16.5. The minimum atomic E-state index is -4.67. The Morgan fingerprint density at radius 1 is 0.329 bits per heavy atom. The van der Waals surface area contributed by atoms with Crippen molar-refractivity contribution in [2.45, 2.75) is 6.18 Å². The van der Waals surface area contributed by atoms with E-state index in [-0.39, 0.29) is 17.3 Å². The van der Waals surface area contributed by atoms with Crippen molar-refractivity contribution in [3.63, 3.8) is 0 Å². The highest BCUT2D eigenvalue weighted by Crippen LogP contribution is 2.45. The predicted octanol–water partition coefficient (Wildman–Crippen LogP) is 16.8. The molecule has 0 aliphatic carbocycles. The Labute approximate surface area is 416 Å². The molecule has 0 aliphatic rings. The van der Waals surface area contributed by atoms with E-state index in [4.69, 9.17) is 15.0 Å². The highest BCUT2D eigenvalue weighted by Gasteiger charge is 2.33. The van der Waals surface area contributed by atoms with Gasteiger partial charge in [-0.25, -0.2) is 4.98 Å². The fraction of sp³-hybridized carbons (Fsp3) is 0.0156. The average molecular weight is 949 g/mol. The maximum Gasteiger partial charge on any atom is 0.416 e. The first-order chi connectivity index (χ1) is 35.9. The molecule has 0 N–H and O–H groups in total. The van der Waals surface area contributed by atoms with E-state index in [1.807, 2.05) is 114 Å². The smallest absolute Gasteiger partial charge is 0.309 e. The molecule has 14 aromatic rings. The van der Waals surface area contributed by atoms with Crippen molar-refractivity contribution in [2.75, 3.05) is 0 Å². The van der Waals surface area contributed by atoms with Crippen LogP contribution in [0.4, 0.5) is 13.2 Å². The highest BCUT2D eigenvalue weighted by atomic mass is 19.4. The van der Waals surface area contributed by atoms with Crippen LogP contribution in [-0.2, 0) is 6.18 Å². The summed E-state index contributed by atoms with van der Waals surface area (Å²) in [5.41, 5.74) is 11.1. The lowest BCUT2D eigenvalue weighted by atomic mass is 10.0. The summed E-state index contributed by atoms with van der Waals surface area (Å²) in [6, 6.07) is 77.6. The van der Waals surface area contributed by atoms with Crippen LogP contribution >= 0.6 is 0 Å². The lowest BCUT2D eigenvalue weighted by molar-refractivity contribution is -0.137. The first kappa shape index (κ1) is 42.3.